The van der Waals surface area contributed by atoms with Gasteiger partial charge in [-0.2, -0.15) is 4.98 Å². The zero-order valence-electron chi connectivity index (χ0n) is 22.8. The van der Waals surface area contributed by atoms with E-state index >= 15 is 0 Å². The monoisotopic (exact) mass is 539 g/mol. The molecule has 0 bridgehead atoms. The number of allylic oxidation sites excluding steroid dienone is 1. The van der Waals surface area contributed by atoms with Gasteiger partial charge in [-0.15, -0.1) is 0 Å². The van der Waals surface area contributed by atoms with Crippen LogP contribution in [0.1, 0.15) is 17.5 Å². The second kappa shape index (κ2) is 9.02. The lowest BCUT2D eigenvalue weighted by atomic mass is 9.89. The van der Waals surface area contributed by atoms with Gasteiger partial charge in [0.2, 0.25) is 11.7 Å². The van der Waals surface area contributed by atoms with E-state index in [1.54, 1.807) is 6.26 Å². The Labute approximate surface area is 242 Å². The second-order valence-corrected chi connectivity index (χ2v) is 10.9. The van der Waals surface area contributed by atoms with Crippen molar-refractivity contribution >= 4 is 49.8 Å². The van der Waals surface area contributed by atoms with Crippen molar-refractivity contribution in [2.24, 2.45) is 0 Å². The summed E-state index contributed by atoms with van der Waals surface area (Å²) in [4.78, 5) is 10.2. The number of furan rings is 1. The first-order valence-electron chi connectivity index (χ1n) is 14.4. The molecule has 5 aromatic carbocycles. The fourth-order valence-electron chi connectivity index (χ4n) is 6.67. The fourth-order valence-corrected chi connectivity index (χ4v) is 6.67. The van der Waals surface area contributed by atoms with E-state index in [1.165, 1.54) is 43.8 Å². The summed E-state index contributed by atoms with van der Waals surface area (Å²) in [5, 5.41) is 5.73. The second-order valence-electron chi connectivity index (χ2n) is 10.9. The van der Waals surface area contributed by atoms with Crippen molar-refractivity contribution in [3.8, 4) is 28.3 Å². The van der Waals surface area contributed by atoms with Crippen molar-refractivity contribution in [3.63, 3.8) is 0 Å². The van der Waals surface area contributed by atoms with E-state index in [4.69, 9.17) is 14.4 Å². The number of hydrogen-bond acceptors (Lipinski definition) is 3. The number of fused-ring (bicyclic) bond motifs is 7. The van der Waals surface area contributed by atoms with Gasteiger partial charge in [-0.05, 0) is 64.1 Å². The molecule has 1 aliphatic rings. The SMILES string of the molecule is C1=Cc2cccc(-c3ccc(-c4nc(-n5c6ccccc6c6c7ccccc7ccc65)nc5occc45)cc3)c2CC1. The van der Waals surface area contributed by atoms with Crippen LogP contribution in [-0.2, 0) is 6.42 Å². The third-order valence-electron chi connectivity index (χ3n) is 8.62. The Bertz CT molecular complexity index is 2360. The number of nitrogens with zero attached hydrogens (tertiary/aromatic N) is 3. The standard InChI is InChI=1S/C38H25N3O/c1-3-11-28-24(8-1)10-7-14-29(28)26-16-18-27(19-17-26)36-32-22-23-42-37(32)40-38(39-36)41-33-15-6-5-13-31(33)35-30-12-4-2-9-25(30)20-21-34(35)41/h1-2,4-10,12-23H,3,11H2. The summed E-state index contributed by atoms with van der Waals surface area (Å²) in [6.45, 7) is 0. The molecule has 3 heterocycles. The molecule has 0 saturated carbocycles. The number of para-hydroxylation sites is 1. The van der Waals surface area contributed by atoms with Gasteiger partial charge in [-0.25, -0.2) is 4.98 Å². The summed E-state index contributed by atoms with van der Waals surface area (Å²) in [7, 11) is 0. The molecule has 4 heteroatoms. The van der Waals surface area contributed by atoms with Crippen LogP contribution in [0.4, 0.5) is 0 Å². The van der Waals surface area contributed by atoms with E-state index in [0.29, 0.717) is 11.7 Å². The first-order chi connectivity index (χ1) is 20.8. The molecule has 8 aromatic rings. The van der Waals surface area contributed by atoms with E-state index in [2.05, 4.69) is 120 Å². The zero-order valence-corrected chi connectivity index (χ0v) is 22.8. The third-order valence-corrected chi connectivity index (χ3v) is 8.62. The number of hydrogen-bond donors (Lipinski definition) is 0. The Morgan fingerprint density at radius 1 is 0.643 bits per heavy atom. The Hall–Kier alpha value is -5.48. The summed E-state index contributed by atoms with van der Waals surface area (Å²) in [5.41, 5.74) is 9.88. The van der Waals surface area contributed by atoms with Gasteiger partial charge < -0.3 is 4.42 Å². The zero-order chi connectivity index (χ0) is 27.6. The number of aromatic nitrogens is 3. The lowest BCUT2D eigenvalue weighted by Crippen LogP contribution is -2.02. The summed E-state index contributed by atoms with van der Waals surface area (Å²) in [5.74, 6) is 0.599. The summed E-state index contributed by atoms with van der Waals surface area (Å²) in [6.07, 6.45) is 8.36. The van der Waals surface area contributed by atoms with Gasteiger partial charge in [0.15, 0.2) is 0 Å². The van der Waals surface area contributed by atoms with Gasteiger partial charge in [-0.3, -0.25) is 4.57 Å². The largest absolute Gasteiger partial charge is 0.446 e. The Balaban J connectivity index is 1.24. The van der Waals surface area contributed by atoms with E-state index in [9.17, 15) is 0 Å². The van der Waals surface area contributed by atoms with Gasteiger partial charge in [0, 0.05) is 16.3 Å². The Kier molecular flexibility index (Phi) is 4.99. The maximum Gasteiger partial charge on any atom is 0.238 e. The molecule has 0 N–H and O–H groups in total. The van der Waals surface area contributed by atoms with Gasteiger partial charge in [-0.1, -0.05) is 103 Å². The van der Waals surface area contributed by atoms with Crippen LogP contribution in [0.25, 0.3) is 78.1 Å². The Morgan fingerprint density at radius 2 is 1.48 bits per heavy atom. The summed E-state index contributed by atoms with van der Waals surface area (Å²) >= 11 is 0. The average Bonchev–Trinajstić information content (AvgIpc) is 3.67. The van der Waals surface area contributed by atoms with E-state index in [1.807, 2.05) is 6.07 Å². The molecule has 9 rings (SSSR count). The van der Waals surface area contributed by atoms with Gasteiger partial charge >= 0.3 is 0 Å². The molecule has 0 radical (unpaired) electrons. The van der Waals surface area contributed by atoms with Gasteiger partial charge in [0.25, 0.3) is 0 Å². The van der Waals surface area contributed by atoms with Crippen LogP contribution in [0.2, 0.25) is 0 Å². The average molecular weight is 540 g/mol. The molecule has 0 atom stereocenters. The van der Waals surface area contributed by atoms with Crippen molar-refractivity contribution in [3.05, 3.63) is 133 Å². The highest BCUT2D eigenvalue weighted by atomic mass is 16.3. The van der Waals surface area contributed by atoms with Crippen molar-refractivity contribution in [2.45, 2.75) is 12.8 Å². The predicted molar refractivity (Wildman–Crippen MR) is 172 cm³/mol. The van der Waals surface area contributed by atoms with Crippen LogP contribution in [-0.4, -0.2) is 14.5 Å². The van der Waals surface area contributed by atoms with Crippen LogP contribution in [0.3, 0.4) is 0 Å². The summed E-state index contributed by atoms with van der Waals surface area (Å²) < 4.78 is 8.06. The van der Waals surface area contributed by atoms with Crippen molar-refractivity contribution in [2.75, 3.05) is 0 Å². The smallest absolute Gasteiger partial charge is 0.238 e. The highest BCUT2D eigenvalue weighted by Crippen LogP contribution is 2.38. The minimum absolute atomic E-state index is 0.578. The first-order valence-corrected chi connectivity index (χ1v) is 14.4. The van der Waals surface area contributed by atoms with Crippen molar-refractivity contribution in [1.29, 1.82) is 0 Å². The maximum atomic E-state index is 5.90. The van der Waals surface area contributed by atoms with E-state index in [-0.39, 0.29) is 0 Å². The topological polar surface area (TPSA) is 43.9 Å². The lowest BCUT2D eigenvalue weighted by Gasteiger charge is -2.16. The Morgan fingerprint density at radius 3 is 2.40 bits per heavy atom. The quantitative estimate of drug-likeness (QED) is 0.224. The molecule has 0 saturated heterocycles. The van der Waals surface area contributed by atoms with Crippen LogP contribution in [0, 0.1) is 0 Å². The molecule has 0 fully saturated rings. The number of rotatable bonds is 3. The van der Waals surface area contributed by atoms with Crippen molar-refractivity contribution < 1.29 is 4.42 Å². The van der Waals surface area contributed by atoms with Crippen LogP contribution < -0.4 is 0 Å². The molecular weight excluding hydrogens is 514 g/mol. The molecular formula is C38H25N3O. The molecule has 3 aromatic heterocycles. The van der Waals surface area contributed by atoms with Gasteiger partial charge in [0.05, 0.1) is 28.4 Å². The van der Waals surface area contributed by atoms with Gasteiger partial charge in [0.1, 0.15) is 0 Å². The third kappa shape index (κ3) is 3.42. The number of benzene rings is 5. The molecule has 42 heavy (non-hydrogen) atoms. The lowest BCUT2D eigenvalue weighted by molar-refractivity contribution is 0.601. The normalized spacial score (nSPS) is 13.0. The first kappa shape index (κ1) is 23.2. The molecule has 0 unspecified atom stereocenters. The molecule has 0 spiro atoms. The molecule has 1 aliphatic carbocycles. The highest BCUT2D eigenvalue weighted by molar-refractivity contribution is 6.21. The predicted octanol–water partition coefficient (Wildman–Crippen LogP) is 9.77. The molecule has 198 valence electrons. The van der Waals surface area contributed by atoms with E-state index < -0.39 is 0 Å². The molecule has 0 aliphatic heterocycles. The van der Waals surface area contributed by atoms with Crippen LogP contribution in [0.5, 0.6) is 0 Å². The minimum atomic E-state index is 0.578. The highest BCUT2D eigenvalue weighted by Gasteiger charge is 2.20. The summed E-state index contributed by atoms with van der Waals surface area (Å²) in [6, 6.07) is 38.7. The van der Waals surface area contributed by atoms with Crippen LogP contribution >= 0.6 is 0 Å². The maximum absolute atomic E-state index is 5.90. The van der Waals surface area contributed by atoms with E-state index in [0.717, 1.165) is 40.5 Å². The van der Waals surface area contributed by atoms with Crippen LogP contribution in [0.15, 0.2) is 126 Å². The molecule has 4 nitrogen and oxygen atoms in total. The fraction of sp³-hybridized carbons (Fsp3) is 0.0526. The molecule has 0 amide bonds. The minimum Gasteiger partial charge on any atom is -0.446 e. The van der Waals surface area contributed by atoms with Crippen molar-refractivity contribution in [1.82, 2.24) is 14.5 Å².